The predicted molar refractivity (Wildman–Crippen MR) is 90.2 cm³/mol. The average Bonchev–Trinajstić information content (AvgIpc) is 2.87. The van der Waals surface area contributed by atoms with Crippen molar-refractivity contribution < 1.29 is 13.2 Å². The Balaban J connectivity index is 1.94. The Kier molecular flexibility index (Phi) is 4.36. The molecule has 7 heteroatoms. The molecule has 24 heavy (non-hydrogen) atoms. The summed E-state index contributed by atoms with van der Waals surface area (Å²) in [7, 11) is 3.76. The predicted octanol–water partition coefficient (Wildman–Crippen LogP) is 4.64. The third-order valence-electron chi connectivity index (χ3n) is 3.97. The molecular formula is C17H17ClF3N3. The highest BCUT2D eigenvalue weighted by atomic mass is 35.5. The minimum atomic E-state index is -4.35. The van der Waals surface area contributed by atoms with E-state index in [1.54, 1.807) is 12.1 Å². The van der Waals surface area contributed by atoms with Crippen LogP contribution < -0.4 is 10.2 Å². The second-order valence-electron chi connectivity index (χ2n) is 5.97. The smallest absolute Gasteiger partial charge is 0.351 e. The molecular weight excluding hydrogens is 339 g/mol. The maximum atomic E-state index is 12.9. The van der Waals surface area contributed by atoms with Gasteiger partial charge in [-0.1, -0.05) is 23.7 Å². The minimum Gasteiger partial charge on any atom is -0.351 e. The zero-order valence-electron chi connectivity index (χ0n) is 13.2. The molecule has 1 atom stereocenters. The van der Waals surface area contributed by atoms with Gasteiger partial charge < -0.3 is 10.2 Å². The summed E-state index contributed by atoms with van der Waals surface area (Å²) in [5.74, 6) is 0. The van der Waals surface area contributed by atoms with Crippen LogP contribution in [0.15, 0.2) is 42.5 Å². The Hall–Kier alpha value is -1.92. The van der Waals surface area contributed by atoms with Crippen molar-refractivity contribution in [3.05, 3.63) is 58.6 Å². The number of anilines is 2. The fourth-order valence-corrected chi connectivity index (χ4v) is 2.92. The SMILES string of the molecule is CN(C)C1Nc2cc(C(F)(F)F)ccc2N1Cc1ccc(Cl)cc1. The molecule has 1 unspecified atom stereocenters. The lowest BCUT2D eigenvalue weighted by molar-refractivity contribution is -0.137. The number of rotatable bonds is 3. The lowest BCUT2D eigenvalue weighted by Gasteiger charge is -2.31. The van der Waals surface area contributed by atoms with Crippen molar-refractivity contribution in [2.45, 2.75) is 19.0 Å². The number of alkyl halides is 3. The van der Waals surface area contributed by atoms with Crippen molar-refractivity contribution in [1.82, 2.24) is 4.90 Å². The first kappa shape index (κ1) is 16.9. The number of hydrogen-bond acceptors (Lipinski definition) is 3. The Bertz CT molecular complexity index is 729. The van der Waals surface area contributed by atoms with Gasteiger partial charge >= 0.3 is 6.18 Å². The summed E-state index contributed by atoms with van der Waals surface area (Å²) < 4.78 is 38.8. The van der Waals surface area contributed by atoms with Gasteiger partial charge in [-0.05, 0) is 50.0 Å². The Morgan fingerprint density at radius 2 is 1.79 bits per heavy atom. The van der Waals surface area contributed by atoms with E-state index in [-0.39, 0.29) is 6.29 Å². The van der Waals surface area contributed by atoms with Gasteiger partial charge in [0, 0.05) is 11.6 Å². The number of nitrogens with zero attached hydrogens (tertiary/aromatic N) is 2. The molecule has 0 bridgehead atoms. The summed E-state index contributed by atoms with van der Waals surface area (Å²) in [5.41, 5.74) is 1.61. The molecule has 2 aromatic rings. The van der Waals surface area contributed by atoms with Crippen molar-refractivity contribution in [1.29, 1.82) is 0 Å². The number of halogens is 4. The molecule has 0 spiro atoms. The third kappa shape index (κ3) is 3.30. The standard InChI is InChI=1S/C17H17ClF3N3/c1-23(2)16-22-14-9-12(17(19,20)21)5-8-15(14)24(16)10-11-3-6-13(18)7-4-11/h3-9,16,22H,10H2,1-2H3. The zero-order valence-corrected chi connectivity index (χ0v) is 14.0. The van der Waals surface area contributed by atoms with Crippen LogP contribution in [0.25, 0.3) is 0 Å². The van der Waals surface area contributed by atoms with Gasteiger partial charge in [0.15, 0.2) is 6.29 Å². The first-order chi connectivity index (χ1) is 11.3. The van der Waals surface area contributed by atoms with E-state index in [4.69, 9.17) is 11.6 Å². The van der Waals surface area contributed by atoms with Crippen LogP contribution in [-0.4, -0.2) is 25.3 Å². The molecule has 1 aliphatic rings. The number of hydrogen-bond donors (Lipinski definition) is 1. The topological polar surface area (TPSA) is 18.5 Å². The number of benzene rings is 2. The molecule has 2 aromatic carbocycles. The van der Waals surface area contributed by atoms with Crippen molar-refractivity contribution in [2.24, 2.45) is 0 Å². The summed E-state index contributed by atoms with van der Waals surface area (Å²) in [6, 6.07) is 11.2. The molecule has 0 saturated carbocycles. The molecule has 1 N–H and O–H groups in total. The fraction of sp³-hybridized carbons (Fsp3) is 0.294. The minimum absolute atomic E-state index is 0.223. The van der Waals surface area contributed by atoms with Gasteiger partial charge in [-0.3, -0.25) is 4.90 Å². The first-order valence-electron chi connectivity index (χ1n) is 7.41. The Labute approximate surface area is 143 Å². The van der Waals surface area contributed by atoms with Crippen molar-refractivity contribution in [3.63, 3.8) is 0 Å². The van der Waals surface area contributed by atoms with E-state index >= 15 is 0 Å². The van der Waals surface area contributed by atoms with Gasteiger partial charge in [-0.15, -0.1) is 0 Å². The summed E-state index contributed by atoms with van der Waals surface area (Å²) in [4.78, 5) is 3.95. The Morgan fingerprint density at radius 1 is 1.12 bits per heavy atom. The molecule has 1 heterocycles. The fourth-order valence-electron chi connectivity index (χ4n) is 2.79. The van der Waals surface area contributed by atoms with Gasteiger partial charge in [0.1, 0.15) is 0 Å². The van der Waals surface area contributed by atoms with E-state index in [0.29, 0.717) is 17.3 Å². The highest BCUT2D eigenvalue weighted by Gasteiger charge is 2.35. The summed E-state index contributed by atoms with van der Waals surface area (Å²) >= 11 is 5.91. The van der Waals surface area contributed by atoms with E-state index in [0.717, 1.165) is 23.4 Å². The van der Waals surface area contributed by atoms with E-state index in [2.05, 4.69) is 5.32 Å². The van der Waals surface area contributed by atoms with Gasteiger partial charge in [-0.2, -0.15) is 13.2 Å². The van der Waals surface area contributed by atoms with Crippen LogP contribution in [0.5, 0.6) is 0 Å². The quantitative estimate of drug-likeness (QED) is 0.865. The molecule has 3 nitrogen and oxygen atoms in total. The molecule has 3 rings (SSSR count). The molecule has 0 saturated heterocycles. The largest absolute Gasteiger partial charge is 0.416 e. The summed E-state index contributed by atoms with van der Waals surface area (Å²) in [5, 5.41) is 3.80. The maximum absolute atomic E-state index is 12.9. The van der Waals surface area contributed by atoms with Crippen molar-refractivity contribution >= 4 is 23.0 Å². The molecule has 0 aromatic heterocycles. The monoisotopic (exact) mass is 355 g/mol. The lowest BCUT2D eigenvalue weighted by Crippen LogP contribution is -2.45. The molecule has 0 amide bonds. The van der Waals surface area contributed by atoms with E-state index in [1.807, 2.05) is 36.0 Å². The van der Waals surface area contributed by atoms with Gasteiger partial charge in [0.2, 0.25) is 0 Å². The molecule has 128 valence electrons. The third-order valence-corrected chi connectivity index (χ3v) is 4.22. The zero-order chi connectivity index (χ0) is 17.5. The summed E-state index contributed by atoms with van der Waals surface area (Å²) in [6.07, 6.45) is -4.58. The molecule has 0 aliphatic carbocycles. The maximum Gasteiger partial charge on any atom is 0.416 e. The van der Waals surface area contributed by atoms with Crippen LogP contribution in [0.4, 0.5) is 24.5 Å². The highest BCUT2D eigenvalue weighted by molar-refractivity contribution is 6.30. The van der Waals surface area contributed by atoms with Gasteiger partial charge in [0.25, 0.3) is 0 Å². The van der Waals surface area contributed by atoms with Crippen LogP contribution in [-0.2, 0) is 12.7 Å². The molecule has 0 fully saturated rings. The second-order valence-corrected chi connectivity index (χ2v) is 6.40. The Morgan fingerprint density at radius 3 is 2.38 bits per heavy atom. The average molecular weight is 356 g/mol. The van der Waals surface area contributed by atoms with Crippen LogP contribution in [0.3, 0.4) is 0 Å². The van der Waals surface area contributed by atoms with Gasteiger partial charge in [-0.25, -0.2) is 0 Å². The van der Waals surface area contributed by atoms with Crippen LogP contribution in [0.2, 0.25) is 5.02 Å². The highest BCUT2D eigenvalue weighted by Crippen LogP contribution is 2.40. The van der Waals surface area contributed by atoms with E-state index < -0.39 is 11.7 Å². The molecule has 1 aliphatic heterocycles. The van der Waals surface area contributed by atoms with Crippen molar-refractivity contribution in [3.8, 4) is 0 Å². The van der Waals surface area contributed by atoms with E-state index in [9.17, 15) is 13.2 Å². The molecule has 0 radical (unpaired) electrons. The normalized spacial score (nSPS) is 17.1. The van der Waals surface area contributed by atoms with E-state index in [1.165, 1.54) is 6.07 Å². The van der Waals surface area contributed by atoms with Gasteiger partial charge in [0.05, 0.1) is 16.9 Å². The lowest BCUT2D eigenvalue weighted by atomic mass is 10.1. The van der Waals surface area contributed by atoms with Crippen LogP contribution in [0.1, 0.15) is 11.1 Å². The summed E-state index contributed by atoms with van der Waals surface area (Å²) in [6.45, 7) is 0.561. The number of fused-ring (bicyclic) bond motifs is 1. The van der Waals surface area contributed by atoms with Crippen LogP contribution in [0, 0.1) is 0 Å². The first-order valence-corrected chi connectivity index (χ1v) is 7.79. The number of nitrogens with one attached hydrogen (secondary N) is 1. The van der Waals surface area contributed by atoms with Crippen molar-refractivity contribution in [2.75, 3.05) is 24.3 Å². The second kappa shape index (κ2) is 6.18. The van der Waals surface area contributed by atoms with Crippen LogP contribution >= 0.6 is 11.6 Å².